The van der Waals surface area contributed by atoms with Crippen LogP contribution < -0.4 is 10.3 Å². The van der Waals surface area contributed by atoms with Gasteiger partial charge in [-0.05, 0) is 41.5 Å². The van der Waals surface area contributed by atoms with Gasteiger partial charge in [-0.15, -0.1) is 0 Å². The number of rotatable bonds is 6. The number of ether oxygens (including phenoxy) is 1. The molecule has 9 heteroatoms. The van der Waals surface area contributed by atoms with E-state index >= 15 is 0 Å². The zero-order valence-corrected chi connectivity index (χ0v) is 16.7. The fraction of sp³-hybridized carbons (Fsp3) is 0.333. The molecule has 1 N–H and O–H groups in total. The van der Waals surface area contributed by atoms with Crippen LogP contribution in [0.5, 0.6) is 5.75 Å². The van der Waals surface area contributed by atoms with E-state index in [0.717, 1.165) is 0 Å². The van der Waals surface area contributed by atoms with Gasteiger partial charge in [0.05, 0.1) is 0 Å². The van der Waals surface area contributed by atoms with Gasteiger partial charge in [-0.2, -0.15) is 8.78 Å². The van der Waals surface area contributed by atoms with Crippen LogP contribution in [-0.2, 0) is 6.42 Å². The fourth-order valence-electron chi connectivity index (χ4n) is 3.20. The summed E-state index contributed by atoms with van der Waals surface area (Å²) in [4.78, 5) is 27.4. The lowest BCUT2D eigenvalue weighted by Crippen LogP contribution is -2.23. The number of benzene rings is 1. The van der Waals surface area contributed by atoms with Crippen LogP contribution in [0, 0.1) is 11.2 Å². The summed E-state index contributed by atoms with van der Waals surface area (Å²) in [6.45, 7) is 2.79. The second-order valence-corrected chi connectivity index (χ2v) is 7.85. The third-order valence-electron chi connectivity index (χ3n) is 4.61. The number of nitrogens with zero attached hydrogens (tertiary/aromatic N) is 3. The van der Waals surface area contributed by atoms with Crippen LogP contribution in [0.25, 0.3) is 11.6 Å². The Morgan fingerprint density at radius 2 is 1.83 bits per heavy atom. The quantitative estimate of drug-likeness (QED) is 0.644. The standard InChI is InChI=1S/C21H21F3N4O2/c1-21(2,3)14(12-5-6-16(15(22)9-12)30-20(23)24)10-13-11-17(29)28-19(27-13)18-25-7-4-8-26-18/h4-9,11,14,20H,10H2,1-3H3,(H,27,28,29). The number of aromatic nitrogens is 4. The highest BCUT2D eigenvalue weighted by Crippen LogP contribution is 2.38. The summed E-state index contributed by atoms with van der Waals surface area (Å²) in [5.74, 6) is -1.13. The van der Waals surface area contributed by atoms with E-state index in [9.17, 15) is 18.0 Å². The van der Waals surface area contributed by atoms with E-state index in [0.29, 0.717) is 17.7 Å². The second-order valence-electron chi connectivity index (χ2n) is 7.85. The summed E-state index contributed by atoms with van der Waals surface area (Å²) < 4.78 is 43.3. The molecule has 0 bridgehead atoms. The van der Waals surface area contributed by atoms with E-state index in [1.807, 2.05) is 20.8 Å². The molecule has 0 amide bonds. The monoisotopic (exact) mass is 418 g/mol. The van der Waals surface area contributed by atoms with Gasteiger partial charge in [0.25, 0.3) is 5.56 Å². The number of hydrogen-bond donors (Lipinski definition) is 1. The number of nitrogens with one attached hydrogen (secondary N) is 1. The third-order valence-corrected chi connectivity index (χ3v) is 4.61. The van der Waals surface area contributed by atoms with Gasteiger partial charge in [0.2, 0.25) is 0 Å². The van der Waals surface area contributed by atoms with Gasteiger partial charge in [-0.25, -0.2) is 19.3 Å². The molecule has 0 spiro atoms. The molecular weight excluding hydrogens is 397 g/mol. The molecule has 3 aromatic rings. The number of aromatic amines is 1. The minimum absolute atomic E-state index is 0.234. The van der Waals surface area contributed by atoms with E-state index in [1.165, 1.54) is 18.2 Å². The van der Waals surface area contributed by atoms with Crippen molar-refractivity contribution in [3.05, 3.63) is 70.2 Å². The SMILES string of the molecule is CC(C)(C)C(Cc1cc(=O)[nH]c(-c2ncccn2)n1)c1ccc(OC(F)F)c(F)c1. The molecule has 0 saturated heterocycles. The van der Waals surface area contributed by atoms with E-state index in [2.05, 4.69) is 24.7 Å². The van der Waals surface area contributed by atoms with Gasteiger partial charge >= 0.3 is 6.61 Å². The lowest BCUT2D eigenvalue weighted by atomic mass is 9.74. The average molecular weight is 418 g/mol. The van der Waals surface area contributed by atoms with Crippen LogP contribution in [0.4, 0.5) is 13.2 Å². The van der Waals surface area contributed by atoms with Crippen LogP contribution in [-0.4, -0.2) is 26.5 Å². The van der Waals surface area contributed by atoms with Crippen LogP contribution in [0.3, 0.4) is 0 Å². The molecule has 1 unspecified atom stereocenters. The van der Waals surface area contributed by atoms with Gasteiger partial charge < -0.3 is 9.72 Å². The summed E-state index contributed by atoms with van der Waals surface area (Å²) in [5.41, 5.74) is 0.364. The highest BCUT2D eigenvalue weighted by atomic mass is 19.3. The van der Waals surface area contributed by atoms with Gasteiger partial charge in [0, 0.05) is 24.2 Å². The van der Waals surface area contributed by atoms with Crippen LogP contribution >= 0.6 is 0 Å². The Bertz CT molecular complexity index is 1070. The van der Waals surface area contributed by atoms with Crippen molar-refractivity contribution in [3.8, 4) is 17.4 Å². The molecule has 0 aliphatic heterocycles. The number of alkyl halides is 2. The molecule has 1 atom stereocenters. The van der Waals surface area contributed by atoms with E-state index < -0.39 is 18.2 Å². The predicted molar refractivity (Wildman–Crippen MR) is 105 cm³/mol. The molecule has 1 aromatic carbocycles. The molecular formula is C21H21F3N4O2. The molecule has 0 fully saturated rings. The normalized spacial score (nSPS) is 12.8. The first kappa shape index (κ1) is 21.5. The first-order chi connectivity index (χ1) is 14.1. The molecule has 3 rings (SSSR count). The smallest absolute Gasteiger partial charge is 0.387 e. The van der Waals surface area contributed by atoms with Gasteiger partial charge in [0.15, 0.2) is 23.2 Å². The maximum Gasteiger partial charge on any atom is 0.387 e. The lowest BCUT2D eigenvalue weighted by Gasteiger charge is -2.31. The molecule has 30 heavy (non-hydrogen) atoms. The van der Waals surface area contributed by atoms with Crippen LogP contribution in [0.15, 0.2) is 47.5 Å². The second kappa shape index (κ2) is 8.64. The summed E-state index contributed by atoms with van der Waals surface area (Å²) in [6, 6.07) is 6.93. The first-order valence-corrected chi connectivity index (χ1v) is 9.25. The van der Waals surface area contributed by atoms with Crippen molar-refractivity contribution in [2.45, 2.75) is 39.7 Å². The number of H-pyrrole nitrogens is 1. The van der Waals surface area contributed by atoms with Crippen molar-refractivity contribution in [1.29, 1.82) is 0 Å². The minimum atomic E-state index is -3.11. The zero-order chi connectivity index (χ0) is 21.9. The maximum absolute atomic E-state index is 14.3. The Balaban J connectivity index is 1.96. The highest BCUT2D eigenvalue weighted by molar-refractivity contribution is 5.42. The fourth-order valence-corrected chi connectivity index (χ4v) is 3.20. The van der Waals surface area contributed by atoms with Crippen LogP contribution in [0.1, 0.15) is 37.9 Å². The average Bonchev–Trinajstić information content (AvgIpc) is 2.67. The van der Waals surface area contributed by atoms with Crippen molar-refractivity contribution in [2.24, 2.45) is 5.41 Å². The molecule has 2 aromatic heterocycles. The Morgan fingerprint density at radius 1 is 1.13 bits per heavy atom. The Hall–Kier alpha value is -3.23. The zero-order valence-electron chi connectivity index (χ0n) is 16.7. The van der Waals surface area contributed by atoms with E-state index in [1.54, 1.807) is 24.5 Å². The maximum atomic E-state index is 14.3. The molecule has 0 saturated carbocycles. The van der Waals surface area contributed by atoms with Crippen molar-refractivity contribution in [2.75, 3.05) is 0 Å². The summed E-state index contributed by atoms with van der Waals surface area (Å²) in [6.07, 6.45) is 3.40. The first-order valence-electron chi connectivity index (χ1n) is 9.25. The van der Waals surface area contributed by atoms with Crippen molar-refractivity contribution in [1.82, 2.24) is 19.9 Å². The molecule has 158 valence electrons. The lowest BCUT2D eigenvalue weighted by molar-refractivity contribution is -0.0522. The Morgan fingerprint density at radius 3 is 2.43 bits per heavy atom. The van der Waals surface area contributed by atoms with Gasteiger partial charge in [-0.3, -0.25) is 4.79 Å². The Kier molecular flexibility index (Phi) is 6.19. The summed E-state index contributed by atoms with van der Waals surface area (Å²) >= 11 is 0. The molecule has 0 radical (unpaired) electrons. The van der Waals surface area contributed by atoms with E-state index in [4.69, 9.17) is 0 Å². The number of hydrogen-bond acceptors (Lipinski definition) is 5. The predicted octanol–water partition coefficient (Wildman–Crippen LogP) is 4.34. The molecule has 0 aliphatic rings. The number of halogens is 3. The Labute approximate surface area is 171 Å². The highest BCUT2D eigenvalue weighted by Gasteiger charge is 2.28. The largest absolute Gasteiger partial charge is 0.432 e. The topological polar surface area (TPSA) is 80.8 Å². The third kappa shape index (κ3) is 5.22. The molecule has 6 nitrogen and oxygen atoms in total. The minimum Gasteiger partial charge on any atom is -0.432 e. The van der Waals surface area contributed by atoms with Crippen LogP contribution in [0.2, 0.25) is 0 Å². The van der Waals surface area contributed by atoms with Crippen molar-refractivity contribution >= 4 is 0 Å². The summed E-state index contributed by atoms with van der Waals surface area (Å²) in [5, 5.41) is 0. The van der Waals surface area contributed by atoms with Gasteiger partial charge in [0.1, 0.15) is 0 Å². The summed E-state index contributed by atoms with van der Waals surface area (Å²) in [7, 11) is 0. The van der Waals surface area contributed by atoms with Crippen molar-refractivity contribution < 1.29 is 17.9 Å². The molecule has 0 aliphatic carbocycles. The van der Waals surface area contributed by atoms with Crippen molar-refractivity contribution in [3.63, 3.8) is 0 Å². The van der Waals surface area contributed by atoms with Gasteiger partial charge in [-0.1, -0.05) is 26.8 Å². The molecule has 2 heterocycles. The van der Waals surface area contributed by atoms with E-state index in [-0.39, 0.29) is 28.5 Å².